The standard InChI is InChI=1S/C17H27ClN2S/c1-2-13(19)17(15-9-10-16(18)21-15)20-11-5-8-14(20)12-6-3-4-7-12/h9-10,12-14,17H,2-8,11,19H2,1H3. The summed E-state index contributed by atoms with van der Waals surface area (Å²) < 4.78 is 0.884. The first-order valence-electron chi connectivity index (χ1n) is 8.47. The van der Waals surface area contributed by atoms with Gasteiger partial charge in [0.15, 0.2) is 0 Å². The zero-order valence-electron chi connectivity index (χ0n) is 12.9. The van der Waals surface area contributed by atoms with E-state index in [1.54, 1.807) is 11.3 Å². The average molecular weight is 327 g/mol. The summed E-state index contributed by atoms with van der Waals surface area (Å²) >= 11 is 7.90. The summed E-state index contributed by atoms with van der Waals surface area (Å²) in [6.45, 7) is 3.41. The Hall–Kier alpha value is -0.0900. The second-order valence-electron chi connectivity index (χ2n) is 6.65. The Bertz CT molecular complexity index is 455. The molecule has 3 atom stereocenters. The maximum Gasteiger partial charge on any atom is 0.0931 e. The maximum atomic E-state index is 6.52. The lowest BCUT2D eigenvalue weighted by atomic mass is 9.93. The molecule has 118 valence electrons. The van der Waals surface area contributed by atoms with Crippen molar-refractivity contribution in [3.05, 3.63) is 21.3 Å². The Morgan fingerprint density at radius 1 is 1.29 bits per heavy atom. The fourth-order valence-corrected chi connectivity index (χ4v) is 5.60. The van der Waals surface area contributed by atoms with Crippen LogP contribution < -0.4 is 5.73 Å². The summed E-state index contributed by atoms with van der Waals surface area (Å²) in [7, 11) is 0. The Balaban J connectivity index is 1.84. The molecule has 2 fully saturated rings. The van der Waals surface area contributed by atoms with Crippen LogP contribution in [-0.4, -0.2) is 23.5 Å². The molecule has 0 radical (unpaired) electrons. The zero-order chi connectivity index (χ0) is 14.8. The normalized spacial score (nSPS) is 27.3. The van der Waals surface area contributed by atoms with Gasteiger partial charge >= 0.3 is 0 Å². The van der Waals surface area contributed by atoms with Crippen LogP contribution in [-0.2, 0) is 0 Å². The Morgan fingerprint density at radius 2 is 2.05 bits per heavy atom. The molecular weight excluding hydrogens is 300 g/mol. The molecule has 3 unspecified atom stereocenters. The van der Waals surface area contributed by atoms with Gasteiger partial charge < -0.3 is 5.73 Å². The number of halogens is 1. The van der Waals surface area contributed by atoms with Crippen molar-refractivity contribution in [2.75, 3.05) is 6.54 Å². The van der Waals surface area contributed by atoms with E-state index in [-0.39, 0.29) is 6.04 Å². The molecule has 2 aliphatic rings. The van der Waals surface area contributed by atoms with E-state index in [0.29, 0.717) is 6.04 Å². The van der Waals surface area contributed by atoms with Crippen LogP contribution in [0.5, 0.6) is 0 Å². The quantitative estimate of drug-likeness (QED) is 0.839. The van der Waals surface area contributed by atoms with Crippen LogP contribution in [0.15, 0.2) is 12.1 Å². The molecule has 4 heteroatoms. The van der Waals surface area contributed by atoms with Gasteiger partial charge in [-0.15, -0.1) is 11.3 Å². The first-order chi connectivity index (χ1) is 10.2. The van der Waals surface area contributed by atoms with Crippen molar-refractivity contribution in [2.24, 2.45) is 11.7 Å². The fourth-order valence-electron chi connectivity index (χ4n) is 4.34. The highest BCUT2D eigenvalue weighted by atomic mass is 35.5. The maximum absolute atomic E-state index is 6.52. The van der Waals surface area contributed by atoms with Gasteiger partial charge in [0.1, 0.15) is 0 Å². The van der Waals surface area contributed by atoms with E-state index in [1.165, 1.54) is 49.9 Å². The minimum Gasteiger partial charge on any atom is -0.326 e. The molecule has 0 bridgehead atoms. The molecule has 2 heterocycles. The summed E-state index contributed by atoms with van der Waals surface area (Å²) in [6, 6.07) is 5.53. The number of rotatable bonds is 5. The van der Waals surface area contributed by atoms with Crippen LogP contribution in [0.3, 0.4) is 0 Å². The highest BCUT2D eigenvalue weighted by Crippen LogP contribution is 2.42. The lowest BCUT2D eigenvalue weighted by Crippen LogP contribution is -2.45. The topological polar surface area (TPSA) is 29.3 Å². The van der Waals surface area contributed by atoms with Crippen LogP contribution >= 0.6 is 22.9 Å². The molecule has 1 aliphatic carbocycles. The van der Waals surface area contributed by atoms with Crippen molar-refractivity contribution in [1.29, 1.82) is 0 Å². The van der Waals surface area contributed by atoms with E-state index in [1.807, 2.05) is 6.07 Å². The second-order valence-corrected chi connectivity index (χ2v) is 8.40. The molecule has 1 saturated heterocycles. The van der Waals surface area contributed by atoms with Gasteiger partial charge in [0.25, 0.3) is 0 Å². The SMILES string of the molecule is CCC(N)C(c1ccc(Cl)s1)N1CCCC1C1CCCC1. The van der Waals surface area contributed by atoms with Crippen molar-refractivity contribution >= 4 is 22.9 Å². The van der Waals surface area contributed by atoms with Gasteiger partial charge in [-0.25, -0.2) is 0 Å². The first kappa shape index (κ1) is 15.8. The van der Waals surface area contributed by atoms with Crippen LogP contribution in [0.4, 0.5) is 0 Å². The Kier molecular flexibility index (Phi) is 5.26. The summed E-state index contributed by atoms with van der Waals surface area (Å²) in [5.41, 5.74) is 6.52. The third kappa shape index (κ3) is 3.31. The third-order valence-electron chi connectivity index (χ3n) is 5.41. The van der Waals surface area contributed by atoms with Gasteiger partial charge in [-0.05, 0) is 56.7 Å². The molecule has 0 amide bonds. The molecule has 1 saturated carbocycles. The zero-order valence-corrected chi connectivity index (χ0v) is 14.5. The molecule has 2 N–H and O–H groups in total. The molecular formula is C17H27ClN2S. The van der Waals surface area contributed by atoms with Crippen molar-refractivity contribution in [3.63, 3.8) is 0 Å². The van der Waals surface area contributed by atoms with Gasteiger partial charge in [-0.1, -0.05) is 31.4 Å². The van der Waals surface area contributed by atoms with E-state index in [0.717, 1.165) is 22.7 Å². The highest BCUT2D eigenvalue weighted by molar-refractivity contribution is 7.16. The molecule has 0 aromatic carbocycles. The van der Waals surface area contributed by atoms with Gasteiger partial charge in [0, 0.05) is 17.0 Å². The number of likely N-dealkylation sites (tertiary alicyclic amines) is 1. The summed E-state index contributed by atoms with van der Waals surface area (Å²) in [6.07, 6.45) is 9.38. The summed E-state index contributed by atoms with van der Waals surface area (Å²) in [4.78, 5) is 4.09. The molecule has 0 spiro atoms. The van der Waals surface area contributed by atoms with Crippen LogP contribution in [0, 0.1) is 5.92 Å². The number of nitrogens with zero attached hydrogens (tertiary/aromatic N) is 1. The molecule has 1 aliphatic heterocycles. The van der Waals surface area contributed by atoms with Crippen molar-refractivity contribution in [2.45, 2.75) is 70.0 Å². The van der Waals surface area contributed by atoms with Gasteiger partial charge in [-0.3, -0.25) is 4.90 Å². The van der Waals surface area contributed by atoms with E-state index in [4.69, 9.17) is 17.3 Å². The van der Waals surface area contributed by atoms with Crippen LogP contribution in [0.25, 0.3) is 0 Å². The first-order valence-corrected chi connectivity index (χ1v) is 9.66. The predicted octanol–water partition coefficient (Wildman–Crippen LogP) is 4.83. The lowest BCUT2D eigenvalue weighted by molar-refractivity contribution is 0.117. The van der Waals surface area contributed by atoms with Crippen LogP contribution in [0.1, 0.15) is 62.8 Å². The lowest BCUT2D eigenvalue weighted by Gasteiger charge is -2.38. The number of hydrogen-bond donors (Lipinski definition) is 1. The second kappa shape index (κ2) is 6.99. The predicted molar refractivity (Wildman–Crippen MR) is 92.0 cm³/mol. The third-order valence-corrected chi connectivity index (χ3v) is 6.71. The number of hydrogen-bond acceptors (Lipinski definition) is 3. The number of nitrogens with two attached hydrogens (primary N) is 1. The molecule has 21 heavy (non-hydrogen) atoms. The van der Waals surface area contributed by atoms with Gasteiger partial charge in [0.2, 0.25) is 0 Å². The Labute approximate surface area is 137 Å². The smallest absolute Gasteiger partial charge is 0.0931 e. The number of thiophene rings is 1. The monoisotopic (exact) mass is 326 g/mol. The van der Waals surface area contributed by atoms with Gasteiger partial charge in [0.05, 0.1) is 10.4 Å². The van der Waals surface area contributed by atoms with Crippen molar-refractivity contribution in [1.82, 2.24) is 4.90 Å². The van der Waals surface area contributed by atoms with Crippen molar-refractivity contribution < 1.29 is 0 Å². The highest BCUT2D eigenvalue weighted by Gasteiger charge is 2.39. The van der Waals surface area contributed by atoms with E-state index in [9.17, 15) is 0 Å². The minimum absolute atomic E-state index is 0.210. The average Bonchev–Trinajstić information content (AvgIpc) is 3.19. The largest absolute Gasteiger partial charge is 0.326 e. The molecule has 3 rings (SSSR count). The molecule has 2 nitrogen and oxygen atoms in total. The van der Waals surface area contributed by atoms with Crippen molar-refractivity contribution in [3.8, 4) is 0 Å². The van der Waals surface area contributed by atoms with Gasteiger partial charge in [-0.2, -0.15) is 0 Å². The van der Waals surface area contributed by atoms with E-state index < -0.39 is 0 Å². The fraction of sp³-hybridized carbons (Fsp3) is 0.765. The molecule has 1 aromatic heterocycles. The Morgan fingerprint density at radius 3 is 2.67 bits per heavy atom. The summed E-state index contributed by atoms with van der Waals surface area (Å²) in [5.74, 6) is 0.898. The van der Waals surface area contributed by atoms with Crippen LogP contribution in [0.2, 0.25) is 4.34 Å². The van der Waals surface area contributed by atoms with E-state index >= 15 is 0 Å². The summed E-state index contributed by atoms with van der Waals surface area (Å²) in [5, 5.41) is 0. The minimum atomic E-state index is 0.210. The van der Waals surface area contributed by atoms with E-state index in [2.05, 4.69) is 17.9 Å². The molecule has 1 aromatic rings.